The number of nitrogens with two attached hydrogens (primary N) is 1. The maximum Gasteiger partial charge on any atom is 0.273 e. The maximum absolute atomic E-state index is 12.8. The quantitative estimate of drug-likeness (QED) is 0.843. The molecule has 2 aromatic rings. The van der Waals surface area contributed by atoms with E-state index in [4.69, 9.17) is 5.73 Å². The number of carbonyl (C=O) groups excluding carboxylic acids is 1. The van der Waals surface area contributed by atoms with Gasteiger partial charge in [-0.1, -0.05) is 44.2 Å². The summed E-state index contributed by atoms with van der Waals surface area (Å²) in [6.45, 7) is 6.22. The molecule has 138 valence electrons. The summed E-state index contributed by atoms with van der Waals surface area (Å²) in [4.78, 5) is 19.2. The van der Waals surface area contributed by atoms with E-state index in [1.807, 2.05) is 28.5 Å². The molecule has 1 aromatic heterocycles. The monoisotopic (exact) mass is 401 g/mol. The van der Waals surface area contributed by atoms with E-state index in [0.29, 0.717) is 36.5 Å². The molecule has 1 amide bonds. The van der Waals surface area contributed by atoms with Gasteiger partial charge in [0.05, 0.1) is 5.01 Å². The van der Waals surface area contributed by atoms with Crippen molar-refractivity contribution in [2.75, 3.05) is 19.6 Å². The first-order valence-corrected chi connectivity index (χ1v) is 8.97. The molecular formula is C18H25Cl2N3OS. The largest absolute Gasteiger partial charge is 0.336 e. The smallest absolute Gasteiger partial charge is 0.273 e. The summed E-state index contributed by atoms with van der Waals surface area (Å²) < 4.78 is 0. The Morgan fingerprint density at radius 2 is 1.96 bits per heavy atom. The van der Waals surface area contributed by atoms with E-state index in [1.165, 1.54) is 5.56 Å². The van der Waals surface area contributed by atoms with E-state index in [-0.39, 0.29) is 30.7 Å². The fraction of sp³-hybridized carbons (Fsp3) is 0.444. The van der Waals surface area contributed by atoms with Gasteiger partial charge in [0.25, 0.3) is 5.91 Å². The van der Waals surface area contributed by atoms with Gasteiger partial charge in [0.15, 0.2) is 0 Å². The summed E-state index contributed by atoms with van der Waals surface area (Å²) in [6, 6.07) is 10.4. The Hall–Kier alpha value is -1.14. The SMILES string of the molecule is CC(C)c1nc(C(=O)N2C[C@@H](CN)[C@H](c3ccccc3)C2)cs1.Cl.Cl. The average Bonchev–Trinajstić information content (AvgIpc) is 3.22. The molecule has 2 atom stereocenters. The Morgan fingerprint density at radius 3 is 2.52 bits per heavy atom. The molecule has 0 saturated carbocycles. The number of benzene rings is 1. The number of carbonyl (C=O) groups is 1. The molecular weight excluding hydrogens is 377 g/mol. The molecule has 1 aliphatic rings. The summed E-state index contributed by atoms with van der Waals surface area (Å²) in [5.41, 5.74) is 7.79. The lowest BCUT2D eigenvalue weighted by Crippen LogP contribution is -2.30. The minimum absolute atomic E-state index is 0. The average molecular weight is 402 g/mol. The molecule has 0 unspecified atom stereocenters. The summed E-state index contributed by atoms with van der Waals surface area (Å²) in [6.07, 6.45) is 0. The van der Waals surface area contributed by atoms with E-state index >= 15 is 0 Å². The number of hydrogen-bond donors (Lipinski definition) is 1. The standard InChI is InChI=1S/C18H23N3OS.2ClH/c1-12(2)17-20-16(11-23-17)18(22)21-9-14(8-19)15(10-21)13-6-4-3-5-7-13;;/h3-7,11-12,14-15H,8-10,19H2,1-2H3;2*1H/t14-,15+;;/m1../s1. The summed E-state index contributed by atoms with van der Waals surface area (Å²) in [5, 5.41) is 2.90. The summed E-state index contributed by atoms with van der Waals surface area (Å²) >= 11 is 1.57. The molecule has 0 spiro atoms. The van der Waals surface area contributed by atoms with Gasteiger partial charge in [-0.05, 0) is 18.0 Å². The second-order valence-electron chi connectivity index (χ2n) is 6.45. The Labute approximate surface area is 165 Å². The van der Waals surface area contributed by atoms with Crippen LogP contribution in [-0.2, 0) is 0 Å². The molecule has 1 aromatic carbocycles. The first-order valence-electron chi connectivity index (χ1n) is 8.09. The topological polar surface area (TPSA) is 59.2 Å². The maximum atomic E-state index is 12.8. The van der Waals surface area contributed by atoms with Crippen molar-refractivity contribution in [3.8, 4) is 0 Å². The molecule has 0 radical (unpaired) electrons. The number of aromatic nitrogens is 1. The van der Waals surface area contributed by atoms with Crippen LogP contribution < -0.4 is 5.73 Å². The van der Waals surface area contributed by atoms with Crippen LogP contribution in [0.4, 0.5) is 0 Å². The molecule has 2 heterocycles. The zero-order chi connectivity index (χ0) is 16.4. The van der Waals surface area contributed by atoms with Gasteiger partial charge in [0.1, 0.15) is 5.69 Å². The van der Waals surface area contributed by atoms with Crippen molar-refractivity contribution in [2.24, 2.45) is 11.7 Å². The number of halogens is 2. The van der Waals surface area contributed by atoms with E-state index in [1.54, 1.807) is 11.3 Å². The third-order valence-electron chi connectivity index (χ3n) is 4.49. The highest BCUT2D eigenvalue weighted by Crippen LogP contribution is 2.33. The van der Waals surface area contributed by atoms with Crippen LogP contribution in [0.1, 0.15) is 46.7 Å². The fourth-order valence-corrected chi connectivity index (χ4v) is 3.98. The zero-order valence-corrected chi connectivity index (χ0v) is 16.9. The van der Waals surface area contributed by atoms with Gasteiger partial charge in [0, 0.05) is 30.3 Å². The third kappa shape index (κ3) is 4.73. The lowest BCUT2D eigenvalue weighted by atomic mass is 9.89. The Balaban J connectivity index is 0.00000156. The van der Waals surface area contributed by atoms with Crippen LogP contribution in [0.15, 0.2) is 35.7 Å². The van der Waals surface area contributed by atoms with Crippen molar-refractivity contribution in [1.82, 2.24) is 9.88 Å². The number of thiazole rings is 1. The zero-order valence-electron chi connectivity index (χ0n) is 14.4. The minimum atomic E-state index is 0. The van der Waals surface area contributed by atoms with Crippen LogP contribution in [0.2, 0.25) is 0 Å². The van der Waals surface area contributed by atoms with Crippen molar-refractivity contribution in [1.29, 1.82) is 0 Å². The lowest BCUT2D eigenvalue weighted by molar-refractivity contribution is 0.0781. The van der Waals surface area contributed by atoms with Crippen molar-refractivity contribution in [3.63, 3.8) is 0 Å². The second-order valence-corrected chi connectivity index (χ2v) is 7.34. The molecule has 0 aliphatic carbocycles. The number of amides is 1. The Bertz CT molecular complexity index is 678. The van der Waals surface area contributed by atoms with Crippen LogP contribution in [0.3, 0.4) is 0 Å². The van der Waals surface area contributed by atoms with Crippen LogP contribution >= 0.6 is 36.2 Å². The summed E-state index contributed by atoms with van der Waals surface area (Å²) in [5.74, 6) is 1.01. The highest BCUT2D eigenvalue weighted by Gasteiger charge is 2.36. The van der Waals surface area contributed by atoms with Crippen LogP contribution in [-0.4, -0.2) is 35.4 Å². The van der Waals surface area contributed by atoms with Gasteiger partial charge in [-0.3, -0.25) is 4.79 Å². The molecule has 25 heavy (non-hydrogen) atoms. The number of rotatable bonds is 4. The van der Waals surface area contributed by atoms with E-state index in [0.717, 1.165) is 11.6 Å². The third-order valence-corrected chi connectivity index (χ3v) is 5.64. The van der Waals surface area contributed by atoms with Crippen LogP contribution in [0.5, 0.6) is 0 Å². The highest BCUT2D eigenvalue weighted by atomic mass is 35.5. The molecule has 4 nitrogen and oxygen atoms in total. The molecule has 1 saturated heterocycles. The van der Waals surface area contributed by atoms with Gasteiger partial charge in [-0.2, -0.15) is 0 Å². The van der Waals surface area contributed by atoms with Crippen molar-refractivity contribution in [3.05, 3.63) is 52.0 Å². The predicted molar refractivity (Wildman–Crippen MR) is 108 cm³/mol. The van der Waals surface area contributed by atoms with Crippen LogP contribution in [0.25, 0.3) is 0 Å². The second kappa shape index (κ2) is 9.53. The normalized spacial score (nSPS) is 19.4. The predicted octanol–water partition coefficient (Wildman–Crippen LogP) is 3.92. The molecule has 0 bridgehead atoms. The summed E-state index contributed by atoms with van der Waals surface area (Å²) in [7, 11) is 0. The minimum Gasteiger partial charge on any atom is -0.336 e. The lowest BCUT2D eigenvalue weighted by Gasteiger charge is -2.16. The number of nitrogens with zero attached hydrogens (tertiary/aromatic N) is 2. The van der Waals surface area contributed by atoms with Crippen LogP contribution in [0, 0.1) is 5.92 Å². The molecule has 1 aliphatic heterocycles. The van der Waals surface area contributed by atoms with E-state index < -0.39 is 0 Å². The molecule has 3 rings (SSSR count). The van der Waals surface area contributed by atoms with E-state index in [2.05, 4.69) is 31.0 Å². The number of hydrogen-bond acceptors (Lipinski definition) is 4. The fourth-order valence-electron chi connectivity index (χ4n) is 3.17. The Morgan fingerprint density at radius 1 is 1.28 bits per heavy atom. The molecule has 7 heteroatoms. The molecule has 2 N–H and O–H groups in total. The number of likely N-dealkylation sites (tertiary alicyclic amines) is 1. The van der Waals surface area contributed by atoms with Gasteiger partial charge in [0.2, 0.25) is 0 Å². The van der Waals surface area contributed by atoms with Gasteiger partial charge < -0.3 is 10.6 Å². The molecule has 1 fully saturated rings. The van der Waals surface area contributed by atoms with Gasteiger partial charge >= 0.3 is 0 Å². The highest BCUT2D eigenvalue weighted by molar-refractivity contribution is 7.09. The van der Waals surface area contributed by atoms with Gasteiger partial charge in [-0.15, -0.1) is 36.2 Å². The van der Waals surface area contributed by atoms with Gasteiger partial charge in [-0.25, -0.2) is 4.98 Å². The van der Waals surface area contributed by atoms with Crippen molar-refractivity contribution < 1.29 is 4.79 Å². The first-order chi connectivity index (χ1) is 11.1. The van der Waals surface area contributed by atoms with Crippen molar-refractivity contribution >= 4 is 42.1 Å². The Kier molecular flexibility index (Phi) is 8.35. The van der Waals surface area contributed by atoms with E-state index in [9.17, 15) is 4.79 Å². The first kappa shape index (κ1) is 21.9. The van der Waals surface area contributed by atoms with Crippen molar-refractivity contribution in [2.45, 2.75) is 25.7 Å².